The summed E-state index contributed by atoms with van der Waals surface area (Å²) in [5, 5.41) is 11.1. The summed E-state index contributed by atoms with van der Waals surface area (Å²) in [6, 6.07) is 0. The number of carbonyl (C=O) groups excluding carboxylic acids is 1. The molecule has 136 valence electrons. The van der Waals surface area contributed by atoms with Crippen LogP contribution >= 0.6 is 0 Å². The zero-order chi connectivity index (χ0) is 17.2. The van der Waals surface area contributed by atoms with Crippen molar-refractivity contribution < 1.29 is 28.9 Å². The van der Waals surface area contributed by atoms with Gasteiger partial charge in [-0.05, 0) is 12.8 Å². The third-order valence-corrected chi connectivity index (χ3v) is 2.99. The van der Waals surface area contributed by atoms with Crippen molar-refractivity contribution in [2.24, 2.45) is 0 Å². The van der Waals surface area contributed by atoms with E-state index in [-0.39, 0.29) is 18.7 Å². The molecule has 23 heavy (non-hydrogen) atoms. The van der Waals surface area contributed by atoms with Crippen LogP contribution in [0.2, 0.25) is 0 Å². The van der Waals surface area contributed by atoms with E-state index in [0.29, 0.717) is 46.0 Å². The third kappa shape index (κ3) is 18.8. The Balaban J connectivity index is 3.10. The first kappa shape index (κ1) is 21.8. The highest BCUT2D eigenvalue weighted by atomic mass is 16.5. The fourth-order valence-electron chi connectivity index (χ4n) is 1.71. The molecule has 0 spiro atoms. The van der Waals surface area contributed by atoms with Crippen LogP contribution in [0.5, 0.6) is 0 Å². The minimum absolute atomic E-state index is 0.0184. The van der Waals surface area contributed by atoms with E-state index < -0.39 is 5.97 Å². The molecule has 0 aromatic carbocycles. The van der Waals surface area contributed by atoms with Gasteiger partial charge in [-0.1, -0.05) is 19.8 Å². The van der Waals surface area contributed by atoms with Gasteiger partial charge in [0.25, 0.3) is 0 Å². The number of hydrogen-bond donors (Lipinski definition) is 2. The van der Waals surface area contributed by atoms with Gasteiger partial charge >= 0.3 is 5.97 Å². The predicted molar refractivity (Wildman–Crippen MR) is 86.5 cm³/mol. The highest BCUT2D eigenvalue weighted by molar-refractivity contribution is 5.80. The Kier molecular flexibility index (Phi) is 16.3. The first-order valence-electron chi connectivity index (χ1n) is 8.38. The molecule has 0 radical (unpaired) electrons. The van der Waals surface area contributed by atoms with Gasteiger partial charge < -0.3 is 24.6 Å². The van der Waals surface area contributed by atoms with Gasteiger partial charge in [-0.2, -0.15) is 0 Å². The molecule has 0 heterocycles. The van der Waals surface area contributed by atoms with E-state index in [1.165, 1.54) is 12.8 Å². The van der Waals surface area contributed by atoms with Gasteiger partial charge in [0, 0.05) is 26.2 Å². The van der Waals surface area contributed by atoms with E-state index in [0.717, 1.165) is 13.0 Å². The highest BCUT2D eigenvalue weighted by Gasteiger charge is 2.03. The monoisotopic (exact) mass is 333 g/mol. The lowest BCUT2D eigenvalue weighted by atomic mass is 10.3. The molecule has 0 fully saturated rings. The molecule has 0 aliphatic heterocycles. The average molecular weight is 333 g/mol. The number of rotatable bonds is 17. The van der Waals surface area contributed by atoms with Crippen LogP contribution in [0.15, 0.2) is 0 Å². The van der Waals surface area contributed by atoms with Gasteiger partial charge in [0.05, 0.1) is 32.8 Å². The second-order valence-electron chi connectivity index (χ2n) is 5.14. The molecule has 0 unspecified atom stereocenters. The number of nitrogens with one attached hydrogen (secondary N) is 1. The van der Waals surface area contributed by atoms with Crippen LogP contribution in [0.3, 0.4) is 0 Å². The summed E-state index contributed by atoms with van der Waals surface area (Å²) in [5.41, 5.74) is 0. The van der Waals surface area contributed by atoms with Crippen molar-refractivity contribution in [3.05, 3.63) is 0 Å². The van der Waals surface area contributed by atoms with Crippen LogP contribution in [-0.4, -0.2) is 63.2 Å². The molecule has 2 N–H and O–H groups in total. The average Bonchev–Trinajstić information content (AvgIpc) is 2.53. The summed E-state index contributed by atoms with van der Waals surface area (Å²) in [6.07, 6.45) is 4.08. The summed E-state index contributed by atoms with van der Waals surface area (Å²) in [7, 11) is 0. The van der Waals surface area contributed by atoms with E-state index in [9.17, 15) is 9.59 Å². The van der Waals surface area contributed by atoms with Crippen molar-refractivity contribution in [3.63, 3.8) is 0 Å². The Morgan fingerprint density at radius 2 is 1.39 bits per heavy atom. The van der Waals surface area contributed by atoms with Crippen LogP contribution in [0.25, 0.3) is 0 Å². The minimum atomic E-state index is -0.963. The maximum atomic E-state index is 11.2. The molecule has 7 nitrogen and oxygen atoms in total. The lowest BCUT2D eigenvalue weighted by Gasteiger charge is -2.07. The summed E-state index contributed by atoms with van der Waals surface area (Å²) >= 11 is 0. The molecule has 0 aliphatic rings. The number of unbranched alkanes of at least 4 members (excludes halogenated alkanes) is 2. The van der Waals surface area contributed by atoms with Crippen molar-refractivity contribution in [2.45, 2.75) is 45.4 Å². The van der Waals surface area contributed by atoms with Crippen molar-refractivity contribution in [1.82, 2.24) is 5.32 Å². The molecule has 0 saturated carbocycles. The second kappa shape index (κ2) is 17.2. The lowest BCUT2D eigenvalue weighted by molar-refractivity contribution is -0.138. The number of carboxylic acid groups (broad SMARTS) is 1. The maximum Gasteiger partial charge on any atom is 0.303 e. The molecule has 0 rings (SSSR count). The van der Waals surface area contributed by atoms with Crippen LogP contribution in [0.4, 0.5) is 0 Å². The molecular formula is C16H31NO6. The zero-order valence-corrected chi connectivity index (χ0v) is 14.2. The SMILES string of the molecule is CCCCCOCCOCCOCCCNC(=O)CCC(=O)O. The van der Waals surface area contributed by atoms with Crippen molar-refractivity contribution in [3.8, 4) is 0 Å². The number of hydrogen-bond acceptors (Lipinski definition) is 5. The first-order valence-corrected chi connectivity index (χ1v) is 8.38. The van der Waals surface area contributed by atoms with Gasteiger partial charge in [0.15, 0.2) is 0 Å². The Bertz CT molecular complexity index is 298. The second-order valence-corrected chi connectivity index (χ2v) is 5.14. The Hall–Kier alpha value is -1.18. The third-order valence-electron chi connectivity index (χ3n) is 2.99. The molecule has 7 heteroatoms. The number of amides is 1. The van der Waals surface area contributed by atoms with E-state index in [1.54, 1.807) is 0 Å². The number of ether oxygens (including phenoxy) is 3. The Morgan fingerprint density at radius 3 is 1.96 bits per heavy atom. The highest BCUT2D eigenvalue weighted by Crippen LogP contribution is 1.94. The van der Waals surface area contributed by atoms with E-state index in [2.05, 4.69) is 12.2 Å². The molecular weight excluding hydrogens is 302 g/mol. The van der Waals surface area contributed by atoms with Gasteiger partial charge in [0.2, 0.25) is 5.91 Å². The standard InChI is InChI=1S/C16H31NO6/c1-2-3-4-9-21-11-13-23-14-12-22-10-5-8-17-15(18)6-7-16(19)20/h2-14H2,1H3,(H,17,18)(H,19,20). The minimum Gasteiger partial charge on any atom is -0.481 e. The molecule has 0 aromatic rings. The van der Waals surface area contributed by atoms with Gasteiger partial charge in [-0.3, -0.25) is 9.59 Å². The van der Waals surface area contributed by atoms with E-state index in [1.807, 2.05) is 0 Å². The smallest absolute Gasteiger partial charge is 0.303 e. The normalized spacial score (nSPS) is 10.7. The quantitative estimate of drug-likeness (QED) is 0.393. The largest absolute Gasteiger partial charge is 0.481 e. The van der Waals surface area contributed by atoms with Crippen molar-refractivity contribution >= 4 is 11.9 Å². The summed E-state index contributed by atoms with van der Waals surface area (Å²) in [5.74, 6) is -1.20. The van der Waals surface area contributed by atoms with E-state index in [4.69, 9.17) is 19.3 Å². The van der Waals surface area contributed by atoms with Crippen LogP contribution < -0.4 is 5.32 Å². The number of aliphatic carboxylic acids is 1. The van der Waals surface area contributed by atoms with E-state index >= 15 is 0 Å². The topological polar surface area (TPSA) is 94.1 Å². The summed E-state index contributed by atoms with van der Waals surface area (Å²) < 4.78 is 16.1. The Labute approximate surface area is 138 Å². The van der Waals surface area contributed by atoms with Gasteiger partial charge in [0.1, 0.15) is 0 Å². The van der Waals surface area contributed by atoms with Gasteiger partial charge in [-0.15, -0.1) is 0 Å². The molecule has 0 aromatic heterocycles. The molecule has 1 amide bonds. The van der Waals surface area contributed by atoms with Crippen molar-refractivity contribution in [2.75, 3.05) is 46.2 Å². The fraction of sp³-hybridized carbons (Fsp3) is 0.875. The molecule has 0 aliphatic carbocycles. The van der Waals surface area contributed by atoms with Crippen LogP contribution in [-0.2, 0) is 23.8 Å². The fourth-order valence-corrected chi connectivity index (χ4v) is 1.71. The maximum absolute atomic E-state index is 11.2. The zero-order valence-electron chi connectivity index (χ0n) is 14.2. The van der Waals surface area contributed by atoms with Crippen LogP contribution in [0.1, 0.15) is 45.4 Å². The molecule has 0 bridgehead atoms. The number of carboxylic acids is 1. The molecule has 0 saturated heterocycles. The summed E-state index contributed by atoms with van der Waals surface area (Å²) in [6.45, 7) is 6.23. The van der Waals surface area contributed by atoms with Crippen molar-refractivity contribution in [1.29, 1.82) is 0 Å². The molecule has 0 atom stereocenters. The predicted octanol–water partition coefficient (Wildman–Crippen LogP) is 1.60. The van der Waals surface area contributed by atoms with Gasteiger partial charge in [-0.25, -0.2) is 0 Å². The van der Waals surface area contributed by atoms with Crippen LogP contribution in [0, 0.1) is 0 Å². The number of carbonyl (C=O) groups is 2. The Morgan fingerprint density at radius 1 is 0.826 bits per heavy atom. The lowest BCUT2D eigenvalue weighted by Crippen LogP contribution is -2.25. The summed E-state index contributed by atoms with van der Waals surface area (Å²) in [4.78, 5) is 21.5. The first-order chi connectivity index (χ1) is 11.2.